The van der Waals surface area contributed by atoms with E-state index in [1.54, 1.807) is 0 Å². The summed E-state index contributed by atoms with van der Waals surface area (Å²) in [6.45, 7) is 0. The summed E-state index contributed by atoms with van der Waals surface area (Å²) < 4.78 is 0. The van der Waals surface area contributed by atoms with E-state index in [9.17, 15) is 0 Å². The van der Waals surface area contributed by atoms with Crippen molar-refractivity contribution in [3.05, 3.63) is 128 Å². The maximum absolute atomic E-state index is 2.35. The molecule has 0 nitrogen and oxygen atoms in total. The lowest BCUT2D eigenvalue weighted by molar-refractivity contribution is 1.05. The molecule has 5 aromatic heterocycles. The number of hydrogen-bond donors (Lipinski definition) is 0. The number of rotatable bonds is 5. The Balaban J connectivity index is 1.65. The summed E-state index contributed by atoms with van der Waals surface area (Å²) in [6.07, 6.45) is 0. The van der Waals surface area contributed by atoms with Gasteiger partial charge in [0.15, 0.2) is 0 Å². The first kappa shape index (κ1) is 22.9. The molecule has 0 aliphatic heterocycles. The lowest BCUT2D eigenvalue weighted by atomic mass is 9.81. The fourth-order valence-electron chi connectivity index (χ4n) is 5.90. The van der Waals surface area contributed by atoms with E-state index in [0.29, 0.717) is 0 Å². The molecule has 1 unspecified atom stereocenters. The van der Waals surface area contributed by atoms with Crippen LogP contribution in [0.2, 0.25) is 0 Å². The maximum atomic E-state index is 2.35. The molecule has 0 saturated carbocycles. The summed E-state index contributed by atoms with van der Waals surface area (Å²) >= 11 is 9.27. The Labute approximate surface area is 241 Å². The topological polar surface area (TPSA) is 0 Å². The van der Waals surface area contributed by atoms with Gasteiger partial charge in [-0.1, -0.05) is 54.6 Å². The van der Waals surface area contributed by atoms with Crippen molar-refractivity contribution in [1.82, 2.24) is 0 Å². The normalized spacial score (nSPS) is 14.1. The molecule has 0 bridgehead atoms. The molecule has 5 heterocycles. The summed E-state index contributed by atoms with van der Waals surface area (Å²) in [5, 5.41) is 11.1. The Bertz CT molecular complexity index is 1830. The summed E-state index contributed by atoms with van der Waals surface area (Å²) in [5.74, 6) is 0.216. The fourth-order valence-corrected chi connectivity index (χ4v) is 9.89. The van der Waals surface area contributed by atoms with Gasteiger partial charge in [0.1, 0.15) is 0 Å². The molecule has 1 atom stereocenters. The average molecular weight is 577 g/mol. The highest BCUT2D eigenvalue weighted by Gasteiger charge is 2.39. The Kier molecular flexibility index (Phi) is 5.60. The highest BCUT2D eigenvalue weighted by molar-refractivity contribution is 7.16. The average Bonchev–Trinajstić information content (AvgIpc) is 3.80. The second-order valence-corrected chi connectivity index (χ2v) is 14.0. The molecule has 0 N–H and O–H groups in total. The summed E-state index contributed by atoms with van der Waals surface area (Å²) in [6, 6.07) is 31.7. The van der Waals surface area contributed by atoms with E-state index < -0.39 is 0 Å². The van der Waals surface area contributed by atoms with E-state index in [2.05, 4.69) is 112 Å². The van der Waals surface area contributed by atoms with Crippen molar-refractivity contribution < 1.29 is 0 Å². The minimum Gasteiger partial charge on any atom is -0.148 e. The molecule has 0 fully saturated rings. The molecule has 1 aliphatic carbocycles. The third-order valence-electron chi connectivity index (χ3n) is 7.27. The Morgan fingerprint density at radius 1 is 0.395 bits per heavy atom. The minimum absolute atomic E-state index is 0.216. The Hall–Kier alpha value is -3.06. The molecule has 0 saturated heterocycles. The summed E-state index contributed by atoms with van der Waals surface area (Å²) in [4.78, 5) is 6.75. The van der Waals surface area contributed by atoms with Crippen molar-refractivity contribution in [2.45, 2.75) is 5.92 Å². The van der Waals surface area contributed by atoms with Crippen molar-refractivity contribution in [1.29, 1.82) is 0 Å². The first-order valence-corrected chi connectivity index (χ1v) is 16.8. The van der Waals surface area contributed by atoms with Gasteiger partial charge in [0.05, 0.1) is 0 Å². The van der Waals surface area contributed by atoms with Gasteiger partial charge in [-0.3, -0.25) is 0 Å². The maximum Gasteiger partial charge on any atom is 0.0453 e. The van der Waals surface area contributed by atoms with Gasteiger partial charge in [-0.2, -0.15) is 0 Å². The van der Waals surface area contributed by atoms with Crippen LogP contribution in [0.3, 0.4) is 0 Å². The van der Waals surface area contributed by atoms with Gasteiger partial charge >= 0.3 is 0 Å². The zero-order valence-electron chi connectivity index (χ0n) is 20.1. The smallest absolute Gasteiger partial charge is 0.0453 e. The number of benzene rings is 2. The van der Waals surface area contributed by atoms with Crippen molar-refractivity contribution in [3.8, 4) is 52.9 Å². The van der Waals surface area contributed by atoms with Crippen molar-refractivity contribution >= 4 is 56.7 Å². The first-order chi connectivity index (χ1) is 18.9. The SMILES string of the molecule is c1csc(-c2c(-c3cccs3)c(-c3cccs3)c3c(c2-c2cccs2)-c2ccccc2C3c2cccs2)c1. The summed E-state index contributed by atoms with van der Waals surface area (Å²) in [7, 11) is 0. The standard InChI is InChI=1S/C33H20S5/c1-2-9-21-20(8-1)27(22-10-3-15-34-22)33-28(21)29(23-11-4-16-35-23)30(24-12-5-17-36-24)31(25-13-6-18-37-25)32(33)26-14-7-19-38-26/h1-19,27H. The second-order valence-electron chi connectivity index (χ2n) is 9.23. The fraction of sp³-hybridized carbons (Fsp3) is 0.0303. The third-order valence-corrected chi connectivity index (χ3v) is 11.8. The number of fused-ring (bicyclic) bond motifs is 3. The molecule has 0 radical (unpaired) electrons. The van der Waals surface area contributed by atoms with Gasteiger partial charge in [-0.15, -0.1) is 56.7 Å². The molecule has 8 rings (SSSR count). The van der Waals surface area contributed by atoms with Crippen LogP contribution >= 0.6 is 56.7 Å². The molecule has 182 valence electrons. The molecule has 2 aromatic carbocycles. The molecule has 0 amide bonds. The van der Waals surface area contributed by atoms with Gasteiger partial charge in [-0.05, 0) is 79.5 Å². The van der Waals surface area contributed by atoms with Crippen LogP contribution in [-0.2, 0) is 0 Å². The van der Waals surface area contributed by atoms with Gasteiger partial charge in [0.2, 0.25) is 0 Å². The van der Waals surface area contributed by atoms with Crippen LogP contribution in [0.15, 0.2) is 112 Å². The first-order valence-electron chi connectivity index (χ1n) is 12.4. The van der Waals surface area contributed by atoms with Gasteiger partial charge < -0.3 is 0 Å². The predicted molar refractivity (Wildman–Crippen MR) is 170 cm³/mol. The van der Waals surface area contributed by atoms with E-state index in [4.69, 9.17) is 0 Å². The van der Waals surface area contributed by atoms with Gasteiger partial charge in [-0.25, -0.2) is 0 Å². The van der Waals surface area contributed by atoms with Gasteiger partial charge in [0.25, 0.3) is 0 Å². The van der Waals surface area contributed by atoms with E-state index in [0.717, 1.165) is 0 Å². The quantitative estimate of drug-likeness (QED) is 0.191. The van der Waals surface area contributed by atoms with Crippen LogP contribution < -0.4 is 0 Å². The van der Waals surface area contributed by atoms with Gasteiger partial charge in [0, 0.05) is 52.6 Å². The molecule has 5 heteroatoms. The van der Waals surface area contributed by atoms with Crippen LogP contribution in [0.5, 0.6) is 0 Å². The van der Waals surface area contributed by atoms with Crippen LogP contribution in [0.25, 0.3) is 52.9 Å². The van der Waals surface area contributed by atoms with Crippen molar-refractivity contribution in [2.75, 3.05) is 0 Å². The monoisotopic (exact) mass is 576 g/mol. The largest absolute Gasteiger partial charge is 0.148 e. The third kappa shape index (κ3) is 3.43. The highest BCUT2D eigenvalue weighted by Crippen LogP contribution is 2.62. The van der Waals surface area contributed by atoms with Crippen molar-refractivity contribution in [3.63, 3.8) is 0 Å². The molecule has 7 aromatic rings. The predicted octanol–water partition coefficient (Wildman–Crippen LogP) is 11.8. The molecular weight excluding hydrogens is 557 g/mol. The number of hydrogen-bond acceptors (Lipinski definition) is 5. The minimum atomic E-state index is 0.216. The van der Waals surface area contributed by atoms with E-state index in [1.165, 1.54) is 68.9 Å². The van der Waals surface area contributed by atoms with Crippen LogP contribution in [0.1, 0.15) is 21.9 Å². The number of thiophene rings is 5. The van der Waals surface area contributed by atoms with E-state index >= 15 is 0 Å². The second kappa shape index (κ2) is 9.30. The van der Waals surface area contributed by atoms with E-state index in [-0.39, 0.29) is 5.92 Å². The van der Waals surface area contributed by atoms with Crippen LogP contribution in [0.4, 0.5) is 0 Å². The molecule has 0 spiro atoms. The zero-order chi connectivity index (χ0) is 25.1. The van der Waals surface area contributed by atoms with Crippen LogP contribution in [0, 0.1) is 0 Å². The molecule has 1 aliphatic rings. The molecular formula is C33H20S5. The van der Waals surface area contributed by atoms with Crippen molar-refractivity contribution in [2.24, 2.45) is 0 Å². The Morgan fingerprint density at radius 3 is 1.39 bits per heavy atom. The summed E-state index contributed by atoms with van der Waals surface area (Å²) in [5.41, 5.74) is 11.2. The van der Waals surface area contributed by atoms with E-state index in [1.807, 2.05) is 56.7 Å². The zero-order valence-corrected chi connectivity index (χ0v) is 24.2. The lowest BCUT2D eigenvalue weighted by Crippen LogP contribution is -2.02. The molecule has 38 heavy (non-hydrogen) atoms. The highest BCUT2D eigenvalue weighted by atomic mass is 32.1. The Morgan fingerprint density at radius 2 is 0.868 bits per heavy atom. The van der Waals surface area contributed by atoms with Crippen LogP contribution in [-0.4, -0.2) is 0 Å². The lowest BCUT2D eigenvalue weighted by Gasteiger charge is -2.25.